The maximum Gasteiger partial charge on any atom is 0.319 e. The fourth-order valence-electron chi connectivity index (χ4n) is 2.84. The van der Waals surface area contributed by atoms with Gasteiger partial charge in [0.05, 0.1) is 16.6 Å². The highest BCUT2D eigenvalue weighted by Crippen LogP contribution is 2.25. The Labute approximate surface area is 182 Å². The maximum atomic E-state index is 12.4. The normalized spacial score (nSPS) is 11.8. The Hall–Kier alpha value is -2.24. The highest BCUT2D eigenvalue weighted by Gasteiger charge is 2.15. The third-order valence-corrected chi connectivity index (χ3v) is 4.97. The monoisotopic (exact) mass is 435 g/mol. The molecule has 156 valence electrons. The first kappa shape index (κ1) is 23.0. The second-order valence-corrected chi connectivity index (χ2v) is 8.20. The van der Waals surface area contributed by atoms with Crippen molar-refractivity contribution in [1.29, 1.82) is 0 Å². The van der Waals surface area contributed by atoms with Gasteiger partial charge in [-0.1, -0.05) is 61.3 Å². The summed E-state index contributed by atoms with van der Waals surface area (Å²) in [5, 5.41) is 9.01. The predicted molar refractivity (Wildman–Crippen MR) is 120 cm³/mol. The summed E-state index contributed by atoms with van der Waals surface area (Å²) in [6.07, 6.45) is 1.02. The van der Waals surface area contributed by atoms with Crippen LogP contribution in [0.5, 0.6) is 0 Å². The number of urea groups is 1. The fraction of sp³-hybridized carbons (Fsp3) is 0.364. The van der Waals surface area contributed by atoms with E-state index in [-0.39, 0.29) is 18.4 Å². The van der Waals surface area contributed by atoms with Crippen LogP contribution in [0, 0.1) is 5.92 Å². The molecule has 5 nitrogen and oxygen atoms in total. The number of nitrogens with one attached hydrogen (secondary N) is 3. The van der Waals surface area contributed by atoms with Gasteiger partial charge in [0.25, 0.3) is 0 Å². The molecule has 1 atom stereocenters. The second-order valence-electron chi connectivity index (χ2n) is 7.36. The van der Waals surface area contributed by atoms with Crippen LogP contribution in [-0.2, 0) is 11.2 Å². The van der Waals surface area contributed by atoms with E-state index in [1.807, 2.05) is 19.1 Å². The summed E-state index contributed by atoms with van der Waals surface area (Å²) in [6, 6.07) is 12.6. The first-order valence-electron chi connectivity index (χ1n) is 9.62. The standard InChI is InChI=1S/C22H27Cl2N3O2/c1-14(2)12-16-4-6-17(7-5-16)15(3)21(28)25-10-11-26-22(29)27-20-13-18(23)8-9-19(20)24/h4-9,13-15H,10-12H2,1-3H3,(H,25,28)(H2,26,27,29). The Bertz CT molecular complexity index is 838. The first-order chi connectivity index (χ1) is 13.8. The molecule has 0 bridgehead atoms. The van der Waals surface area contributed by atoms with E-state index < -0.39 is 6.03 Å². The van der Waals surface area contributed by atoms with Gasteiger partial charge in [0.2, 0.25) is 5.91 Å². The average Bonchev–Trinajstić information content (AvgIpc) is 2.67. The molecule has 7 heteroatoms. The lowest BCUT2D eigenvalue weighted by atomic mass is 9.96. The zero-order chi connectivity index (χ0) is 21.4. The Kier molecular flexibility index (Phi) is 8.80. The molecule has 0 fully saturated rings. The van der Waals surface area contributed by atoms with Crippen molar-refractivity contribution >= 4 is 40.8 Å². The van der Waals surface area contributed by atoms with Crippen LogP contribution < -0.4 is 16.0 Å². The lowest BCUT2D eigenvalue weighted by Gasteiger charge is -2.14. The highest BCUT2D eigenvalue weighted by molar-refractivity contribution is 6.35. The Morgan fingerprint density at radius 3 is 2.24 bits per heavy atom. The number of rotatable bonds is 8. The van der Waals surface area contributed by atoms with Crippen molar-refractivity contribution in [3.63, 3.8) is 0 Å². The van der Waals surface area contributed by atoms with Gasteiger partial charge in [0, 0.05) is 18.1 Å². The summed E-state index contributed by atoms with van der Waals surface area (Å²) in [7, 11) is 0. The van der Waals surface area contributed by atoms with Crippen molar-refractivity contribution in [2.75, 3.05) is 18.4 Å². The van der Waals surface area contributed by atoms with Gasteiger partial charge in [0.15, 0.2) is 0 Å². The van der Waals surface area contributed by atoms with Crippen LogP contribution in [0.2, 0.25) is 10.0 Å². The van der Waals surface area contributed by atoms with Gasteiger partial charge < -0.3 is 16.0 Å². The van der Waals surface area contributed by atoms with Crippen molar-refractivity contribution < 1.29 is 9.59 Å². The molecule has 0 saturated heterocycles. The summed E-state index contributed by atoms with van der Waals surface area (Å²) in [4.78, 5) is 24.3. The van der Waals surface area contributed by atoms with E-state index in [2.05, 4.69) is 41.9 Å². The molecule has 0 spiro atoms. The van der Waals surface area contributed by atoms with Gasteiger partial charge in [-0.15, -0.1) is 0 Å². The SMILES string of the molecule is CC(C)Cc1ccc(C(C)C(=O)NCCNC(=O)Nc2cc(Cl)ccc2Cl)cc1. The molecule has 0 radical (unpaired) electrons. The molecule has 0 aromatic heterocycles. The van der Waals surface area contributed by atoms with Crippen molar-refractivity contribution in [2.45, 2.75) is 33.1 Å². The molecule has 0 aliphatic rings. The number of benzene rings is 2. The molecule has 2 aromatic rings. The van der Waals surface area contributed by atoms with Gasteiger partial charge >= 0.3 is 6.03 Å². The zero-order valence-corrected chi connectivity index (χ0v) is 18.4. The maximum absolute atomic E-state index is 12.4. The van der Waals surface area contributed by atoms with E-state index in [0.29, 0.717) is 28.2 Å². The summed E-state index contributed by atoms with van der Waals surface area (Å²) in [5.74, 6) is 0.255. The molecule has 2 aromatic carbocycles. The van der Waals surface area contributed by atoms with Crippen molar-refractivity contribution in [3.05, 3.63) is 63.6 Å². The van der Waals surface area contributed by atoms with E-state index in [9.17, 15) is 9.59 Å². The molecule has 2 rings (SSSR count). The number of carbonyl (C=O) groups is 2. The van der Waals surface area contributed by atoms with Crippen LogP contribution in [0.15, 0.2) is 42.5 Å². The van der Waals surface area contributed by atoms with E-state index in [1.54, 1.807) is 18.2 Å². The van der Waals surface area contributed by atoms with Gasteiger partial charge in [-0.05, 0) is 48.6 Å². The van der Waals surface area contributed by atoms with Crippen LogP contribution in [0.25, 0.3) is 0 Å². The minimum Gasteiger partial charge on any atom is -0.354 e. The largest absolute Gasteiger partial charge is 0.354 e. The van der Waals surface area contributed by atoms with E-state index >= 15 is 0 Å². The number of amides is 3. The second kappa shape index (κ2) is 11.1. The predicted octanol–water partition coefficient (Wildman–Crippen LogP) is 5.23. The fourth-order valence-corrected chi connectivity index (χ4v) is 3.18. The summed E-state index contributed by atoms with van der Waals surface area (Å²) >= 11 is 11.9. The minimum absolute atomic E-state index is 0.0818. The average molecular weight is 436 g/mol. The highest BCUT2D eigenvalue weighted by atomic mass is 35.5. The van der Waals surface area contributed by atoms with E-state index in [4.69, 9.17) is 23.2 Å². The van der Waals surface area contributed by atoms with Gasteiger partial charge in [-0.3, -0.25) is 4.79 Å². The molecular weight excluding hydrogens is 409 g/mol. The molecule has 0 aliphatic heterocycles. The smallest absolute Gasteiger partial charge is 0.319 e. The molecule has 29 heavy (non-hydrogen) atoms. The Balaban J connectivity index is 1.74. The van der Waals surface area contributed by atoms with Crippen LogP contribution >= 0.6 is 23.2 Å². The van der Waals surface area contributed by atoms with Gasteiger partial charge in [-0.25, -0.2) is 4.79 Å². The third kappa shape index (κ3) is 7.59. The Morgan fingerprint density at radius 2 is 1.59 bits per heavy atom. The van der Waals surface area contributed by atoms with Crippen molar-refractivity contribution in [2.24, 2.45) is 5.92 Å². The molecule has 0 saturated carbocycles. The number of anilines is 1. The zero-order valence-electron chi connectivity index (χ0n) is 16.9. The third-order valence-electron chi connectivity index (χ3n) is 4.40. The number of hydrogen-bond donors (Lipinski definition) is 3. The van der Waals surface area contributed by atoms with Crippen molar-refractivity contribution in [3.8, 4) is 0 Å². The number of hydrogen-bond acceptors (Lipinski definition) is 2. The lowest BCUT2D eigenvalue weighted by molar-refractivity contribution is -0.122. The van der Waals surface area contributed by atoms with Crippen LogP contribution in [0.4, 0.5) is 10.5 Å². The van der Waals surface area contributed by atoms with Crippen molar-refractivity contribution in [1.82, 2.24) is 10.6 Å². The molecule has 0 heterocycles. The topological polar surface area (TPSA) is 70.2 Å². The quantitative estimate of drug-likeness (QED) is 0.496. The number of carbonyl (C=O) groups excluding carboxylic acids is 2. The minimum atomic E-state index is -0.419. The van der Waals surface area contributed by atoms with E-state index in [1.165, 1.54) is 5.56 Å². The van der Waals surface area contributed by atoms with Gasteiger partial charge in [0.1, 0.15) is 0 Å². The molecule has 3 N–H and O–H groups in total. The first-order valence-corrected chi connectivity index (χ1v) is 10.4. The molecular formula is C22H27Cl2N3O2. The number of halogens is 2. The molecule has 1 unspecified atom stereocenters. The molecule has 3 amide bonds. The van der Waals surface area contributed by atoms with E-state index in [0.717, 1.165) is 12.0 Å². The molecule has 0 aliphatic carbocycles. The lowest BCUT2D eigenvalue weighted by Crippen LogP contribution is -2.38. The summed E-state index contributed by atoms with van der Waals surface area (Å²) < 4.78 is 0. The van der Waals surface area contributed by atoms with Gasteiger partial charge in [-0.2, -0.15) is 0 Å². The van der Waals surface area contributed by atoms with Crippen LogP contribution in [0.1, 0.15) is 37.8 Å². The van der Waals surface area contributed by atoms with Crippen LogP contribution in [-0.4, -0.2) is 25.0 Å². The summed E-state index contributed by atoms with van der Waals surface area (Å²) in [6.45, 7) is 6.85. The van der Waals surface area contributed by atoms with Crippen LogP contribution in [0.3, 0.4) is 0 Å². The summed E-state index contributed by atoms with van der Waals surface area (Å²) in [5.41, 5.74) is 2.66. The Morgan fingerprint density at radius 1 is 0.931 bits per heavy atom.